The molecule has 0 amide bonds. The first-order valence-corrected chi connectivity index (χ1v) is 5.34. The van der Waals surface area contributed by atoms with Gasteiger partial charge >= 0.3 is 0 Å². The number of H-pyrrole nitrogens is 1. The number of aromatic nitrogens is 1. The third kappa shape index (κ3) is 1.57. The number of rotatable bonds is 1. The fourth-order valence-corrected chi connectivity index (χ4v) is 2.22. The van der Waals surface area contributed by atoms with Crippen molar-refractivity contribution in [3.63, 3.8) is 0 Å². The highest BCUT2D eigenvalue weighted by atomic mass is 79.9. The molecule has 2 rings (SSSR count). The molecular weight excluding hydrogens is 242 g/mol. The molecule has 2 aromatic rings. The van der Waals surface area contributed by atoms with Crippen molar-refractivity contribution in [1.82, 2.24) is 4.98 Å². The summed E-state index contributed by atoms with van der Waals surface area (Å²) in [5.41, 5.74) is 3.14. The van der Waals surface area contributed by atoms with Crippen molar-refractivity contribution in [2.24, 2.45) is 0 Å². The fourth-order valence-electron chi connectivity index (χ4n) is 1.63. The predicted molar refractivity (Wildman–Crippen MR) is 61.4 cm³/mol. The maximum absolute atomic E-state index is 9.44. The first-order valence-electron chi connectivity index (χ1n) is 4.55. The zero-order valence-corrected chi connectivity index (χ0v) is 9.72. The largest absolute Gasteiger partial charge is 0.387 e. The molecule has 14 heavy (non-hydrogen) atoms. The number of aliphatic hydroxyl groups is 1. The predicted octanol–water partition coefficient (Wildman–Crippen LogP) is 3.29. The molecule has 1 aromatic carbocycles. The summed E-state index contributed by atoms with van der Waals surface area (Å²) in [5, 5.41) is 10.6. The second-order valence-corrected chi connectivity index (χ2v) is 4.50. The monoisotopic (exact) mass is 253 g/mol. The van der Waals surface area contributed by atoms with E-state index in [-0.39, 0.29) is 0 Å². The van der Waals surface area contributed by atoms with Gasteiger partial charge in [0.25, 0.3) is 0 Å². The van der Waals surface area contributed by atoms with Gasteiger partial charge in [0.1, 0.15) is 0 Å². The first kappa shape index (κ1) is 9.74. The SMILES string of the molecule is Cc1cc(Br)cc2cc(C(C)O)[nH]c12. The molecule has 2 N–H and O–H groups in total. The van der Waals surface area contributed by atoms with Gasteiger partial charge in [-0.05, 0) is 37.6 Å². The van der Waals surface area contributed by atoms with Crippen molar-refractivity contribution < 1.29 is 5.11 Å². The molecule has 74 valence electrons. The Bertz CT molecular complexity index is 473. The smallest absolute Gasteiger partial charge is 0.0910 e. The molecule has 0 aliphatic carbocycles. The molecule has 0 aliphatic rings. The molecule has 2 nitrogen and oxygen atoms in total. The highest BCUT2D eigenvalue weighted by Gasteiger charge is 2.07. The lowest BCUT2D eigenvalue weighted by atomic mass is 10.2. The number of hydrogen-bond donors (Lipinski definition) is 2. The number of halogens is 1. The number of hydrogen-bond acceptors (Lipinski definition) is 1. The Hall–Kier alpha value is -0.800. The van der Waals surface area contributed by atoms with E-state index >= 15 is 0 Å². The molecule has 1 unspecified atom stereocenters. The third-order valence-electron chi connectivity index (χ3n) is 2.36. The molecule has 0 fully saturated rings. The van der Waals surface area contributed by atoms with Crippen LogP contribution in [0.3, 0.4) is 0 Å². The highest BCUT2D eigenvalue weighted by Crippen LogP contribution is 2.26. The molecule has 0 saturated carbocycles. The van der Waals surface area contributed by atoms with Crippen LogP contribution in [0.15, 0.2) is 22.7 Å². The maximum atomic E-state index is 9.44. The van der Waals surface area contributed by atoms with Crippen molar-refractivity contribution in [1.29, 1.82) is 0 Å². The molecule has 0 saturated heterocycles. The zero-order chi connectivity index (χ0) is 10.3. The Labute approximate surface area is 91.1 Å². The van der Waals surface area contributed by atoms with E-state index < -0.39 is 6.10 Å². The molecule has 0 spiro atoms. The summed E-state index contributed by atoms with van der Waals surface area (Å²) in [7, 11) is 0. The Kier molecular flexibility index (Phi) is 2.37. The van der Waals surface area contributed by atoms with Crippen LogP contribution in [0, 0.1) is 6.92 Å². The van der Waals surface area contributed by atoms with E-state index in [1.807, 2.05) is 12.1 Å². The third-order valence-corrected chi connectivity index (χ3v) is 2.82. The average molecular weight is 254 g/mol. The van der Waals surface area contributed by atoms with Gasteiger partial charge in [-0.3, -0.25) is 0 Å². The van der Waals surface area contributed by atoms with Gasteiger partial charge in [0, 0.05) is 21.1 Å². The molecule has 1 atom stereocenters. The van der Waals surface area contributed by atoms with E-state index in [0.717, 1.165) is 21.1 Å². The van der Waals surface area contributed by atoms with E-state index in [0.29, 0.717) is 0 Å². The molecule has 0 bridgehead atoms. The van der Waals surface area contributed by atoms with Crippen molar-refractivity contribution >= 4 is 26.8 Å². The van der Waals surface area contributed by atoms with Crippen LogP contribution in [0.4, 0.5) is 0 Å². The van der Waals surface area contributed by atoms with E-state index in [1.165, 1.54) is 5.56 Å². The fraction of sp³-hybridized carbons (Fsp3) is 0.273. The number of aromatic amines is 1. The second-order valence-electron chi connectivity index (χ2n) is 3.59. The molecule has 0 aliphatic heterocycles. The minimum absolute atomic E-state index is 0.444. The van der Waals surface area contributed by atoms with Crippen LogP contribution in [0.2, 0.25) is 0 Å². The topological polar surface area (TPSA) is 36.0 Å². The summed E-state index contributed by atoms with van der Waals surface area (Å²) in [4.78, 5) is 3.22. The minimum atomic E-state index is -0.444. The maximum Gasteiger partial charge on any atom is 0.0910 e. The van der Waals surface area contributed by atoms with Crippen LogP contribution in [0.5, 0.6) is 0 Å². The Morgan fingerprint density at radius 3 is 2.71 bits per heavy atom. The van der Waals surface area contributed by atoms with E-state index in [9.17, 15) is 5.11 Å². The summed E-state index contributed by atoms with van der Waals surface area (Å²) in [6, 6.07) is 6.09. The minimum Gasteiger partial charge on any atom is -0.387 e. The number of benzene rings is 1. The van der Waals surface area contributed by atoms with Crippen LogP contribution in [0.1, 0.15) is 24.3 Å². The van der Waals surface area contributed by atoms with Gasteiger partial charge in [-0.25, -0.2) is 0 Å². The Morgan fingerprint density at radius 1 is 1.36 bits per heavy atom. The van der Waals surface area contributed by atoms with Crippen LogP contribution >= 0.6 is 15.9 Å². The molecule has 0 radical (unpaired) electrons. The second kappa shape index (κ2) is 3.41. The zero-order valence-electron chi connectivity index (χ0n) is 8.13. The van der Waals surface area contributed by atoms with E-state index in [1.54, 1.807) is 6.92 Å². The van der Waals surface area contributed by atoms with E-state index in [2.05, 4.69) is 33.9 Å². The molecular formula is C11H12BrNO. The average Bonchev–Trinajstić information content (AvgIpc) is 2.47. The van der Waals surface area contributed by atoms with Crippen LogP contribution in [-0.4, -0.2) is 10.1 Å². The highest BCUT2D eigenvalue weighted by molar-refractivity contribution is 9.10. The van der Waals surface area contributed by atoms with Gasteiger partial charge < -0.3 is 10.1 Å². The first-order chi connectivity index (χ1) is 6.58. The van der Waals surface area contributed by atoms with Crippen LogP contribution < -0.4 is 0 Å². The van der Waals surface area contributed by atoms with Crippen molar-refractivity contribution in [3.8, 4) is 0 Å². The Morgan fingerprint density at radius 2 is 2.07 bits per heavy atom. The van der Waals surface area contributed by atoms with Crippen molar-refractivity contribution in [3.05, 3.63) is 33.9 Å². The normalized spacial score (nSPS) is 13.4. The molecule has 1 heterocycles. The van der Waals surface area contributed by atoms with Crippen LogP contribution in [-0.2, 0) is 0 Å². The summed E-state index contributed by atoms with van der Waals surface area (Å²) in [6.07, 6.45) is -0.444. The lowest BCUT2D eigenvalue weighted by molar-refractivity contribution is 0.195. The quantitative estimate of drug-likeness (QED) is 0.804. The van der Waals surface area contributed by atoms with Gasteiger partial charge in [0.05, 0.1) is 6.10 Å². The summed E-state index contributed by atoms with van der Waals surface area (Å²) in [6.45, 7) is 3.81. The number of fused-ring (bicyclic) bond motifs is 1. The lowest BCUT2D eigenvalue weighted by Crippen LogP contribution is -1.89. The van der Waals surface area contributed by atoms with Crippen molar-refractivity contribution in [2.75, 3.05) is 0 Å². The summed E-state index contributed by atoms with van der Waals surface area (Å²) in [5.74, 6) is 0. The van der Waals surface area contributed by atoms with Gasteiger partial charge in [-0.1, -0.05) is 15.9 Å². The van der Waals surface area contributed by atoms with Gasteiger partial charge in [-0.15, -0.1) is 0 Å². The van der Waals surface area contributed by atoms with E-state index in [4.69, 9.17) is 0 Å². The summed E-state index contributed by atoms with van der Waals surface area (Å²) < 4.78 is 1.07. The molecule has 1 aromatic heterocycles. The number of aryl methyl sites for hydroxylation is 1. The Balaban J connectivity index is 2.70. The lowest BCUT2D eigenvalue weighted by Gasteiger charge is -1.98. The number of nitrogens with one attached hydrogen (secondary N) is 1. The van der Waals surface area contributed by atoms with Gasteiger partial charge in [0.15, 0.2) is 0 Å². The summed E-state index contributed by atoms with van der Waals surface area (Å²) >= 11 is 3.45. The standard InChI is InChI=1S/C11H12BrNO/c1-6-3-9(12)4-8-5-10(7(2)14)13-11(6)8/h3-5,7,13-14H,1-2H3. The number of aliphatic hydroxyl groups excluding tert-OH is 1. The van der Waals surface area contributed by atoms with Crippen molar-refractivity contribution in [2.45, 2.75) is 20.0 Å². The van der Waals surface area contributed by atoms with Crippen LogP contribution in [0.25, 0.3) is 10.9 Å². The van der Waals surface area contributed by atoms with Gasteiger partial charge in [-0.2, -0.15) is 0 Å². The van der Waals surface area contributed by atoms with Gasteiger partial charge in [0.2, 0.25) is 0 Å². The molecule has 3 heteroatoms.